The Morgan fingerprint density at radius 2 is 2.40 bits per heavy atom. The Morgan fingerprint density at radius 1 is 1.60 bits per heavy atom. The summed E-state index contributed by atoms with van der Waals surface area (Å²) in [6, 6.07) is 5.39. The van der Waals surface area contributed by atoms with E-state index in [2.05, 4.69) is 9.98 Å². The van der Waals surface area contributed by atoms with Gasteiger partial charge < -0.3 is 0 Å². The van der Waals surface area contributed by atoms with E-state index in [1.165, 1.54) is 0 Å². The normalized spacial score (nSPS) is 12.4. The summed E-state index contributed by atoms with van der Waals surface area (Å²) in [5.41, 5.74) is 0.843. The zero-order chi connectivity index (χ0) is 10.8. The van der Waals surface area contributed by atoms with Crippen molar-refractivity contribution >= 4 is 39.2 Å². The van der Waals surface area contributed by atoms with Crippen LogP contribution in [0.2, 0.25) is 5.15 Å². The van der Waals surface area contributed by atoms with E-state index in [0.717, 1.165) is 15.1 Å². The van der Waals surface area contributed by atoms with Crippen LogP contribution in [0.3, 0.4) is 0 Å². The lowest BCUT2D eigenvalue weighted by molar-refractivity contribution is 0.560. The molecule has 0 amide bonds. The van der Waals surface area contributed by atoms with Gasteiger partial charge in [0, 0.05) is 4.88 Å². The summed E-state index contributed by atoms with van der Waals surface area (Å²) < 4.78 is 1.04. The Labute approximate surface area is 95.4 Å². The van der Waals surface area contributed by atoms with E-state index in [1.807, 2.05) is 19.1 Å². The SMILES string of the molecule is CC(N=C=O)c1cc2nc(Cl)ccc2s1. The van der Waals surface area contributed by atoms with E-state index < -0.39 is 0 Å². The van der Waals surface area contributed by atoms with Gasteiger partial charge in [-0.15, -0.1) is 11.3 Å². The van der Waals surface area contributed by atoms with Gasteiger partial charge in [-0.25, -0.2) is 9.78 Å². The van der Waals surface area contributed by atoms with Crippen molar-refractivity contribution in [3.63, 3.8) is 0 Å². The van der Waals surface area contributed by atoms with E-state index in [1.54, 1.807) is 23.5 Å². The summed E-state index contributed by atoms with van der Waals surface area (Å²) in [6.07, 6.45) is 1.56. The van der Waals surface area contributed by atoms with E-state index >= 15 is 0 Å². The Hall–Kier alpha value is -1.22. The van der Waals surface area contributed by atoms with Crippen molar-refractivity contribution in [1.82, 2.24) is 4.98 Å². The zero-order valence-electron chi connectivity index (χ0n) is 7.90. The minimum Gasteiger partial charge on any atom is -0.235 e. The van der Waals surface area contributed by atoms with Crippen LogP contribution >= 0.6 is 22.9 Å². The molecule has 0 N–H and O–H groups in total. The third kappa shape index (κ3) is 2.07. The number of nitrogens with zero attached hydrogens (tertiary/aromatic N) is 2. The second-order valence-corrected chi connectivity index (χ2v) is 4.57. The number of rotatable bonds is 2. The molecule has 3 nitrogen and oxygen atoms in total. The molecule has 0 bridgehead atoms. The topological polar surface area (TPSA) is 42.3 Å². The molecule has 1 unspecified atom stereocenters. The van der Waals surface area contributed by atoms with Crippen LogP contribution in [0.1, 0.15) is 17.8 Å². The molecule has 0 aliphatic rings. The molecule has 0 saturated heterocycles. The number of isocyanates is 1. The number of pyridine rings is 1. The van der Waals surface area contributed by atoms with Crippen molar-refractivity contribution in [3.05, 3.63) is 28.2 Å². The molecule has 2 aromatic heterocycles. The maximum absolute atomic E-state index is 10.1. The third-order valence-corrected chi connectivity index (χ3v) is 3.49. The first-order valence-corrected chi connectivity index (χ1v) is 5.53. The lowest BCUT2D eigenvalue weighted by Gasteiger charge is -1.96. The summed E-state index contributed by atoms with van der Waals surface area (Å²) in [6.45, 7) is 1.84. The summed E-state index contributed by atoms with van der Waals surface area (Å²) in [7, 11) is 0. The lowest BCUT2D eigenvalue weighted by Crippen LogP contribution is -1.82. The second-order valence-electron chi connectivity index (χ2n) is 3.06. The largest absolute Gasteiger partial charge is 0.235 e. The van der Waals surface area contributed by atoms with Gasteiger partial charge in [0.1, 0.15) is 5.15 Å². The number of thiophene rings is 1. The van der Waals surface area contributed by atoms with Gasteiger partial charge in [-0.1, -0.05) is 11.6 Å². The first-order chi connectivity index (χ1) is 7.20. The van der Waals surface area contributed by atoms with Crippen LogP contribution in [0.25, 0.3) is 10.2 Å². The predicted molar refractivity (Wildman–Crippen MR) is 61.2 cm³/mol. The molecule has 0 saturated carbocycles. The quantitative estimate of drug-likeness (QED) is 0.457. The van der Waals surface area contributed by atoms with Crippen LogP contribution in [-0.4, -0.2) is 11.1 Å². The molecule has 0 radical (unpaired) electrons. The molecule has 0 aromatic carbocycles. The van der Waals surface area contributed by atoms with Gasteiger partial charge in [-0.3, -0.25) is 0 Å². The molecule has 2 rings (SSSR count). The fourth-order valence-corrected chi connectivity index (χ4v) is 2.41. The van der Waals surface area contributed by atoms with Crippen LogP contribution in [0, 0.1) is 0 Å². The van der Waals surface area contributed by atoms with E-state index in [-0.39, 0.29) is 6.04 Å². The first-order valence-electron chi connectivity index (χ1n) is 4.33. The van der Waals surface area contributed by atoms with Crippen molar-refractivity contribution < 1.29 is 4.79 Å². The summed E-state index contributed by atoms with van der Waals surface area (Å²) >= 11 is 7.34. The summed E-state index contributed by atoms with van der Waals surface area (Å²) in [4.78, 5) is 19.0. The third-order valence-electron chi connectivity index (χ3n) is 2.02. The highest BCUT2D eigenvalue weighted by Crippen LogP contribution is 2.30. The standard InChI is InChI=1S/C10H7ClN2OS/c1-6(12-5-14)9-4-7-8(15-9)2-3-10(11)13-7/h2-4,6H,1H3. The average molecular weight is 239 g/mol. The van der Waals surface area contributed by atoms with Crippen molar-refractivity contribution in [2.75, 3.05) is 0 Å². The van der Waals surface area contributed by atoms with Gasteiger partial charge in [0.2, 0.25) is 6.08 Å². The number of halogens is 1. The fourth-order valence-electron chi connectivity index (χ4n) is 1.27. The number of aliphatic imine (C=N–C) groups is 1. The smallest absolute Gasteiger partial charge is 0.235 e. The van der Waals surface area contributed by atoms with Crippen molar-refractivity contribution in [3.8, 4) is 0 Å². The molecule has 0 aliphatic carbocycles. The number of fused-ring (bicyclic) bond motifs is 1. The van der Waals surface area contributed by atoms with Crippen molar-refractivity contribution in [2.24, 2.45) is 4.99 Å². The molecule has 2 aromatic rings. The summed E-state index contributed by atoms with van der Waals surface area (Å²) in [5, 5.41) is 0.471. The second kappa shape index (κ2) is 4.11. The highest BCUT2D eigenvalue weighted by molar-refractivity contribution is 7.19. The van der Waals surface area contributed by atoms with Gasteiger partial charge in [-0.05, 0) is 25.1 Å². The molecule has 0 aliphatic heterocycles. The molecule has 0 fully saturated rings. The maximum atomic E-state index is 10.1. The minimum atomic E-state index is -0.166. The first kappa shape index (κ1) is 10.3. The fraction of sp³-hybridized carbons (Fsp3) is 0.200. The molecule has 15 heavy (non-hydrogen) atoms. The molecule has 0 spiro atoms. The number of hydrogen-bond donors (Lipinski definition) is 0. The highest BCUT2D eigenvalue weighted by atomic mass is 35.5. The lowest BCUT2D eigenvalue weighted by atomic mass is 10.3. The van der Waals surface area contributed by atoms with Gasteiger partial charge in [0.25, 0.3) is 0 Å². The molecule has 2 heterocycles. The molecule has 5 heteroatoms. The van der Waals surface area contributed by atoms with Gasteiger partial charge in [0.05, 0.1) is 16.3 Å². The molecular formula is C10H7ClN2OS. The number of hydrogen-bond acceptors (Lipinski definition) is 4. The zero-order valence-corrected chi connectivity index (χ0v) is 9.47. The average Bonchev–Trinajstić information content (AvgIpc) is 2.60. The molecule has 76 valence electrons. The van der Waals surface area contributed by atoms with Crippen LogP contribution in [0.15, 0.2) is 23.2 Å². The van der Waals surface area contributed by atoms with Crippen LogP contribution in [0.4, 0.5) is 0 Å². The molecule has 1 atom stereocenters. The number of carbonyl (C=O) groups excluding carboxylic acids is 1. The molecular weight excluding hydrogens is 232 g/mol. The van der Waals surface area contributed by atoms with Crippen LogP contribution < -0.4 is 0 Å². The maximum Gasteiger partial charge on any atom is 0.235 e. The Balaban J connectivity index is 2.51. The van der Waals surface area contributed by atoms with Crippen LogP contribution in [0.5, 0.6) is 0 Å². The number of aromatic nitrogens is 1. The van der Waals surface area contributed by atoms with Gasteiger partial charge in [-0.2, -0.15) is 4.99 Å². The predicted octanol–water partition coefficient (Wildman–Crippen LogP) is 3.35. The highest BCUT2D eigenvalue weighted by Gasteiger charge is 2.09. The summed E-state index contributed by atoms with van der Waals surface area (Å²) in [5.74, 6) is 0. The van der Waals surface area contributed by atoms with Crippen LogP contribution in [-0.2, 0) is 4.79 Å². The van der Waals surface area contributed by atoms with E-state index in [0.29, 0.717) is 5.15 Å². The van der Waals surface area contributed by atoms with Gasteiger partial charge in [0.15, 0.2) is 0 Å². The van der Waals surface area contributed by atoms with Crippen molar-refractivity contribution in [2.45, 2.75) is 13.0 Å². The monoisotopic (exact) mass is 238 g/mol. The van der Waals surface area contributed by atoms with Crippen molar-refractivity contribution in [1.29, 1.82) is 0 Å². The minimum absolute atomic E-state index is 0.166. The Bertz CT molecular complexity index is 545. The van der Waals surface area contributed by atoms with E-state index in [9.17, 15) is 4.79 Å². The Morgan fingerprint density at radius 3 is 3.13 bits per heavy atom. The Kier molecular flexibility index (Phi) is 2.82. The van der Waals surface area contributed by atoms with Gasteiger partial charge >= 0.3 is 0 Å². The van der Waals surface area contributed by atoms with E-state index in [4.69, 9.17) is 11.6 Å².